The summed E-state index contributed by atoms with van der Waals surface area (Å²) in [6.07, 6.45) is 7.99. The molecule has 9 heteroatoms. The van der Waals surface area contributed by atoms with Gasteiger partial charge in [0, 0.05) is 18.1 Å². The lowest BCUT2D eigenvalue weighted by molar-refractivity contribution is 0.200. The summed E-state index contributed by atoms with van der Waals surface area (Å²) in [7, 11) is -3.29. The van der Waals surface area contributed by atoms with Gasteiger partial charge in [-0.2, -0.15) is 10.4 Å². The molecular formula is C22H23N5O3S. The predicted molar refractivity (Wildman–Crippen MR) is 117 cm³/mol. The van der Waals surface area contributed by atoms with Crippen LogP contribution in [0.3, 0.4) is 0 Å². The van der Waals surface area contributed by atoms with E-state index in [1.807, 2.05) is 10.7 Å². The van der Waals surface area contributed by atoms with Gasteiger partial charge in [-0.25, -0.2) is 8.42 Å². The minimum atomic E-state index is -3.29. The molecule has 3 aromatic rings. The van der Waals surface area contributed by atoms with Gasteiger partial charge in [0.1, 0.15) is 5.39 Å². The number of rotatable bonds is 4. The molecular weight excluding hydrogens is 414 g/mol. The summed E-state index contributed by atoms with van der Waals surface area (Å²) in [6.45, 7) is 0. The Morgan fingerprint density at radius 2 is 1.97 bits per heavy atom. The molecule has 0 unspecified atom stereocenters. The summed E-state index contributed by atoms with van der Waals surface area (Å²) in [5.41, 5.74) is 1.40. The van der Waals surface area contributed by atoms with Gasteiger partial charge in [-0.05, 0) is 67.9 Å². The van der Waals surface area contributed by atoms with Crippen LogP contribution in [0.5, 0.6) is 0 Å². The summed E-state index contributed by atoms with van der Waals surface area (Å²) >= 11 is 0. The highest BCUT2D eigenvalue weighted by atomic mass is 32.2. The van der Waals surface area contributed by atoms with Crippen LogP contribution in [-0.4, -0.2) is 29.4 Å². The molecule has 2 saturated carbocycles. The fourth-order valence-corrected chi connectivity index (χ4v) is 5.41. The zero-order chi connectivity index (χ0) is 21.8. The first kappa shape index (κ1) is 19.8. The monoisotopic (exact) mass is 437 g/mol. The van der Waals surface area contributed by atoms with E-state index < -0.39 is 9.84 Å². The van der Waals surface area contributed by atoms with E-state index in [4.69, 9.17) is 5.10 Å². The number of pyridine rings is 1. The average molecular weight is 438 g/mol. The molecule has 2 heterocycles. The first-order valence-electron chi connectivity index (χ1n) is 10.4. The lowest BCUT2D eigenvalue weighted by atomic mass is 9.76. The highest BCUT2D eigenvalue weighted by molar-refractivity contribution is 7.90. The Kier molecular flexibility index (Phi) is 4.45. The lowest BCUT2D eigenvalue weighted by Crippen LogP contribution is -2.28. The van der Waals surface area contributed by atoms with E-state index in [0.717, 1.165) is 25.5 Å². The summed E-state index contributed by atoms with van der Waals surface area (Å²) in [5, 5.41) is 18.1. The molecule has 31 heavy (non-hydrogen) atoms. The molecule has 2 atom stereocenters. The molecule has 0 amide bonds. The van der Waals surface area contributed by atoms with Gasteiger partial charge in [0.25, 0.3) is 5.56 Å². The van der Waals surface area contributed by atoms with Crippen molar-refractivity contribution in [1.82, 2.24) is 14.8 Å². The Morgan fingerprint density at radius 1 is 1.23 bits per heavy atom. The first-order chi connectivity index (χ1) is 14.8. The molecule has 1 spiro atoms. The average Bonchev–Trinajstić information content (AvgIpc) is 3.39. The highest BCUT2D eigenvalue weighted by Crippen LogP contribution is 2.59. The molecule has 2 fully saturated rings. The van der Waals surface area contributed by atoms with Gasteiger partial charge in [0.05, 0.1) is 28.4 Å². The minimum absolute atomic E-state index is 0.0799. The molecule has 0 bridgehead atoms. The quantitative estimate of drug-likeness (QED) is 0.644. The van der Waals surface area contributed by atoms with E-state index in [9.17, 15) is 18.5 Å². The van der Waals surface area contributed by atoms with Crippen molar-refractivity contribution in [2.24, 2.45) is 11.3 Å². The van der Waals surface area contributed by atoms with E-state index in [2.05, 4.69) is 16.4 Å². The van der Waals surface area contributed by atoms with E-state index in [0.29, 0.717) is 27.8 Å². The van der Waals surface area contributed by atoms with Crippen molar-refractivity contribution in [3.8, 4) is 6.07 Å². The minimum Gasteiger partial charge on any atom is -0.338 e. The third-order valence-electron chi connectivity index (χ3n) is 6.70. The number of nitrogens with one attached hydrogen (secondary N) is 2. The Labute approximate surface area is 179 Å². The summed E-state index contributed by atoms with van der Waals surface area (Å²) < 4.78 is 25.2. The van der Waals surface area contributed by atoms with Crippen LogP contribution in [0.2, 0.25) is 0 Å². The van der Waals surface area contributed by atoms with Gasteiger partial charge < -0.3 is 10.3 Å². The molecule has 8 nitrogen and oxygen atoms in total. The third kappa shape index (κ3) is 3.51. The van der Waals surface area contributed by atoms with Crippen LogP contribution < -0.4 is 10.9 Å². The number of anilines is 2. The largest absolute Gasteiger partial charge is 0.338 e. The van der Waals surface area contributed by atoms with Crippen LogP contribution in [-0.2, 0) is 9.84 Å². The lowest BCUT2D eigenvalue weighted by Gasteiger charge is -2.33. The highest BCUT2D eigenvalue weighted by Gasteiger charge is 2.49. The molecule has 0 aliphatic heterocycles. The van der Waals surface area contributed by atoms with Crippen LogP contribution in [0.25, 0.3) is 10.9 Å². The Balaban J connectivity index is 1.54. The number of nitrogens with zero attached hydrogens (tertiary/aromatic N) is 3. The number of aromatic nitrogens is 3. The maximum absolute atomic E-state index is 12.6. The normalized spacial score (nSPS) is 22.3. The van der Waals surface area contributed by atoms with Crippen LogP contribution >= 0.6 is 0 Å². The van der Waals surface area contributed by atoms with Crippen molar-refractivity contribution < 1.29 is 8.42 Å². The Hall–Kier alpha value is -3.12. The number of sulfone groups is 1. The van der Waals surface area contributed by atoms with Crippen LogP contribution in [0.4, 0.5) is 11.5 Å². The summed E-state index contributed by atoms with van der Waals surface area (Å²) in [5.74, 6) is 0.257. The predicted octanol–water partition coefficient (Wildman–Crippen LogP) is 3.52. The van der Waals surface area contributed by atoms with E-state index in [-0.39, 0.29) is 22.4 Å². The summed E-state index contributed by atoms with van der Waals surface area (Å²) in [4.78, 5) is 15.6. The number of H-pyrrole nitrogens is 1. The topological polar surface area (TPSA) is 121 Å². The number of nitriles is 1. The molecule has 2 aromatic heterocycles. The molecule has 160 valence electrons. The van der Waals surface area contributed by atoms with Crippen LogP contribution in [0.15, 0.2) is 46.2 Å². The second-order valence-corrected chi connectivity index (χ2v) is 10.8. The fourth-order valence-electron chi connectivity index (χ4n) is 4.78. The number of benzene rings is 1. The van der Waals surface area contributed by atoms with E-state index in [1.165, 1.54) is 25.0 Å². The molecule has 5 rings (SSSR count). The standard InChI is InChI=1S/C22H23N5O3S/c1-31(29,30)16-4-2-15(3-5-16)25-20-19-18(7-11-24-21(19)28)27(26-20)17-6-8-22(9-10-22)12-14(17)13-23/h2-5,7,11,14,17H,6,8-10,12H2,1H3,(H,24,28)(H,25,26)/t14-,17-/m0/s1. The van der Waals surface area contributed by atoms with Gasteiger partial charge in [0.2, 0.25) is 0 Å². The zero-order valence-electron chi connectivity index (χ0n) is 17.1. The smallest absolute Gasteiger partial charge is 0.261 e. The van der Waals surface area contributed by atoms with Crippen molar-refractivity contribution in [1.29, 1.82) is 5.26 Å². The number of hydrogen-bond donors (Lipinski definition) is 2. The number of fused-ring (bicyclic) bond motifs is 1. The molecule has 2 aliphatic carbocycles. The SMILES string of the molecule is CS(=O)(=O)c1ccc(Nc2nn([C@H]3CCC4(CC4)C[C@H]3C#N)c3cc[nH]c(=O)c23)cc1. The maximum Gasteiger partial charge on any atom is 0.261 e. The van der Waals surface area contributed by atoms with Gasteiger partial charge >= 0.3 is 0 Å². The van der Waals surface area contributed by atoms with Gasteiger partial charge in [-0.1, -0.05) is 0 Å². The first-order valence-corrected chi connectivity index (χ1v) is 12.3. The Bertz CT molecular complexity index is 1360. The van der Waals surface area contributed by atoms with E-state index >= 15 is 0 Å². The van der Waals surface area contributed by atoms with Gasteiger partial charge in [0.15, 0.2) is 15.7 Å². The zero-order valence-corrected chi connectivity index (χ0v) is 17.9. The fraction of sp³-hybridized carbons (Fsp3) is 0.409. The Morgan fingerprint density at radius 3 is 2.61 bits per heavy atom. The molecule has 2 N–H and O–H groups in total. The van der Waals surface area contributed by atoms with Crippen molar-refractivity contribution in [2.45, 2.75) is 43.0 Å². The second-order valence-electron chi connectivity index (χ2n) is 8.83. The van der Waals surface area contributed by atoms with Crippen LogP contribution in [0, 0.1) is 22.7 Å². The number of hydrogen-bond acceptors (Lipinski definition) is 6. The maximum atomic E-state index is 12.6. The van der Waals surface area contributed by atoms with Crippen molar-refractivity contribution in [3.05, 3.63) is 46.9 Å². The molecule has 2 aliphatic rings. The molecule has 0 saturated heterocycles. The van der Waals surface area contributed by atoms with Gasteiger partial charge in [-0.15, -0.1) is 0 Å². The number of aromatic amines is 1. The molecule has 0 radical (unpaired) electrons. The van der Waals surface area contributed by atoms with Crippen LogP contribution in [0.1, 0.15) is 38.1 Å². The second kappa shape index (κ2) is 6.95. The van der Waals surface area contributed by atoms with Gasteiger partial charge in [-0.3, -0.25) is 9.48 Å². The summed E-state index contributed by atoms with van der Waals surface area (Å²) in [6, 6.07) is 10.5. The van der Waals surface area contributed by atoms with E-state index in [1.54, 1.807) is 18.3 Å². The third-order valence-corrected chi connectivity index (χ3v) is 7.83. The van der Waals surface area contributed by atoms with Crippen molar-refractivity contribution >= 4 is 32.2 Å². The van der Waals surface area contributed by atoms with Crippen molar-refractivity contribution in [2.75, 3.05) is 11.6 Å². The molecule has 1 aromatic carbocycles. The van der Waals surface area contributed by atoms with Crippen molar-refractivity contribution in [3.63, 3.8) is 0 Å².